The van der Waals surface area contributed by atoms with Crippen molar-refractivity contribution in [2.45, 2.75) is 43.9 Å². The molecule has 5 nitrogen and oxygen atoms in total. The van der Waals surface area contributed by atoms with Crippen molar-refractivity contribution in [2.75, 3.05) is 33.4 Å². The summed E-state index contributed by atoms with van der Waals surface area (Å²) >= 11 is 0. The third kappa shape index (κ3) is 4.07. The Labute approximate surface area is 144 Å². The van der Waals surface area contributed by atoms with Gasteiger partial charge in [-0.05, 0) is 31.4 Å². The van der Waals surface area contributed by atoms with E-state index in [4.69, 9.17) is 14.7 Å². The topological polar surface area (TPSA) is 57.5 Å². The number of nitriles is 1. The summed E-state index contributed by atoms with van der Waals surface area (Å²) in [6.45, 7) is 3.60. The number of nitrogens with zero attached hydrogens (tertiary/aromatic N) is 2. The van der Waals surface area contributed by atoms with Crippen LogP contribution in [0.3, 0.4) is 0 Å². The van der Waals surface area contributed by atoms with Crippen LogP contribution in [-0.4, -0.2) is 56.4 Å². The highest BCUT2D eigenvalue weighted by atomic mass is 16.5. The van der Waals surface area contributed by atoms with Gasteiger partial charge in [-0.25, -0.2) is 0 Å². The van der Waals surface area contributed by atoms with E-state index in [9.17, 15) is 0 Å². The standard InChI is InChI=1S/C19H27N3O2/c1-23-16-9-11-22(14-16)18-7-4-6-17(18)21-10-12-24-19-8-3-2-5-15(19)13-20/h2-3,5,8,16-18,21H,4,6-7,9-12,14H2,1H3/t16?,17-,18+/m1/s1. The molecule has 0 amide bonds. The molecule has 0 radical (unpaired) electrons. The van der Waals surface area contributed by atoms with Crippen LogP contribution in [-0.2, 0) is 4.74 Å². The van der Waals surface area contributed by atoms with E-state index in [0.29, 0.717) is 36.1 Å². The molecule has 0 spiro atoms. The van der Waals surface area contributed by atoms with E-state index in [-0.39, 0.29) is 0 Å². The van der Waals surface area contributed by atoms with E-state index in [1.807, 2.05) is 25.3 Å². The van der Waals surface area contributed by atoms with Gasteiger partial charge in [-0.15, -0.1) is 0 Å². The largest absolute Gasteiger partial charge is 0.491 e. The molecule has 1 unspecified atom stereocenters. The first kappa shape index (κ1) is 17.2. The Bertz CT molecular complexity index is 572. The fourth-order valence-electron chi connectivity index (χ4n) is 3.95. The zero-order chi connectivity index (χ0) is 16.8. The molecule has 2 aliphatic rings. The van der Waals surface area contributed by atoms with Crippen LogP contribution in [0.1, 0.15) is 31.2 Å². The molecule has 1 aromatic carbocycles. The van der Waals surface area contributed by atoms with Crippen molar-refractivity contribution in [2.24, 2.45) is 0 Å². The zero-order valence-electron chi connectivity index (χ0n) is 14.4. The van der Waals surface area contributed by atoms with Crippen LogP contribution in [0.15, 0.2) is 24.3 Å². The molecule has 0 bridgehead atoms. The van der Waals surface area contributed by atoms with E-state index in [0.717, 1.165) is 26.1 Å². The summed E-state index contributed by atoms with van der Waals surface area (Å²) in [5.74, 6) is 0.673. The van der Waals surface area contributed by atoms with Crippen molar-refractivity contribution in [1.82, 2.24) is 10.2 Å². The van der Waals surface area contributed by atoms with Gasteiger partial charge in [0.2, 0.25) is 0 Å². The molecule has 3 atom stereocenters. The maximum absolute atomic E-state index is 9.08. The maximum atomic E-state index is 9.08. The lowest BCUT2D eigenvalue weighted by atomic mass is 10.1. The SMILES string of the molecule is COC1CCN([C@H]2CCC[C@H]2NCCOc2ccccc2C#N)C1. The second-order valence-corrected chi connectivity index (χ2v) is 6.66. The number of rotatable bonds is 7. The lowest BCUT2D eigenvalue weighted by Crippen LogP contribution is -2.47. The minimum absolute atomic E-state index is 0.400. The number of hydrogen-bond acceptors (Lipinski definition) is 5. The van der Waals surface area contributed by atoms with Gasteiger partial charge < -0.3 is 14.8 Å². The minimum atomic E-state index is 0.400. The van der Waals surface area contributed by atoms with E-state index in [2.05, 4.69) is 16.3 Å². The molecular weight excluding hydrogens is 302 g/mol. The van der Waals surface area contributed by atoms with Gasteiger partial charge in [-0.2, -0.15) is 5.26 Å². The molecular formula is C19H27N3O2. The first-order chi connectivity index (χ1) is 11.8. The first-order valence-electron chi connectivity index (χ1n) is 8.94. The number of para-hydroxylation sites is 1. The van der Waals surface area contributed by atoms with Crippen molar-refractivity contribution >= 4 is 0 Å². The summed E-state index contributed by atoms with van der Waals surface area (Å²) in [6.07, 6.45) is 5.33. The average molecular weight is 329 g/mol. The molecule has 1 aliphatic heterocycles. The van der Waals surface area contributed by atoms with Gasteiger partial charge in [-0.3, -0.25) is 4.90 Å². The summed E-state index contributed by atoms with van der Waals surface area (Å²) in [4.78, 5) is 2.59. The smallest absolute Gasteiger partial charge is 0.137 e. The lowest BCUT2D eigenvalue weighted by Gasteiger charge is -2.30. The Morgan fingerprint density at radius 2 is 2.17 bits per heavy atom. The third-order valence-electron chi connectivity index (χ3n) is 5.23. The van der Waals surface area contributed by atoms with Crippen molar-refractivity contribution in [3.63, 3.8) is 0 Å². The first-order valence-corrected chi connectivity index (χ1v) is 8.94. The molecule has 1 N–H and O–H groups in total. The van der Waals surface area contributed by atoms with E-state index >= 15 is 0 Å². The van der Waals surface area contributed by atoms with Gasteiger partial charge >= 0.3 is 0 Å². The van der Waals surface area contributed by atoms with Crippen LogP contribution in [0, 0.1) is 11.3 Å². The Kier molecular flexibility index (Phi) is 6.08. The molecule has 1 aliphatic carbocycles. The van der Waals surface area contributed by atoms with Crippen LogP contribution < -0.4 is 10.1 Å². The Hall–Kier alpha value is -1.61. The molecule has 5 heteroatoms. The Morgan fingerprint density at radius 1 is 1.29 bits per heavy atom. The second kappa shape index (κ2) is 8.48. The number of ether oxygens (including phenoxy) is 2. The van der Waals surface area contributed by atoms with Crippen molar-refractivity contribution < 1.29 is 9.47 Å². The summed E-state index contributed by atoms with van der Waals surface area (Å²) in [6, 6.07) is 10.7. The van der Waals surface area contributed by atoms with Crippen LogP contribution in [0.25, 0.3) is 0 Å². The normalized spacial score (nSPS) is 27.2. The van der Waals surface area contributed by atoms with Crippen LogP contribution in [0.2, 0.25) is 0 Å². The molecule has 1 saturated heterocycles. The van der Waals surface area contributed by atoms with Crippen molar-refractivity contribution in [1.29, 1.82) is 5.26 Å². The van der Waals surface area contributed by atoms with Crippen LogP contribution in [0.4, 0.5) is 0 Å². The predicted octanol–water partition coefficient (Wildman–Crippen LogP) is 2.17. The summed E-state index contributed by atoms with van der Waals surface area (Å²) in [5, 5.41) is 12.7. The summed E-state index contributed by atoms with van der Waals surface area (Å²) in [7, 11) is 1.81. The number of nitrogens with one attached hydrogen (secondary N) is 1. The Morgan fingerprint density at radius 3 is 2.96 bits per heavy atom. The molecule has 0 aromatic heterocycles. The molecule has 1 aromatic rings. The molecule has 3 rings (SSSR count). The van der Waals surface area contributed by atoms with Gasteiger partial charge in [0, 0.05) is 38.8 Å². The predicted molar refractivity (Wildman–Crippen MR) is 93.1 cm³/mol. The van der Waals surface area contributed by atoms with Gasteiger partial charge in [-0.1, -0.05) is 18.6 Å². The Balaban J connectivity index is 1.44. The van der Waals surface area contributed by atoms with Gasteiger partial charge in [0.25, 0.3) is 0 Å². The maximum Gasteiger partial charge on any atom is 0.137 e. The molecule has 130 valence electrons. The highest BCUT2D eigenvalue weighted by Gasteiger charge is 2.35. The van der Waals surface area contributed by atoms with E-state index in [1.54, 1.807) is 6.07 Å². The molecule has 2 fully saturated rings. The summed E-state index contributed by atoms with van der Waals surface area (Å²) < 4.78 is 11.3. The fraction of sp³-hybridized carbons (Fsp3) is 0.632. The van der Waals surface area contributed by atoms with Crippen LogP contribution in [0.5, 0.6) is 5.75 Å². The van der Waals surface area contributed by atoms with E-state index < -0.39 is 0 Å². The monoisotopic (exact) mass is 329 g/mol. The van der Waals surface area contributed by atoms with Crippen molar-refractivity contribution in [3.8, 4) is 11.8 Å². The summed E-state index contributed by atoms with van der Waals surface area (Å²) in [5.41, 5.74) is 0.596. The zero-order valence-corrected chi connectivity index (χ0v) is 14.4. The van der Waals surface area contributed by atoms with Gasteiger partial charge in [0.05, 0.1) is 11.7 Å². The highest BCUT2D eigenvalue weighted by Crippen LogP contribution is 2.28. The van der Waals surface area contributed by atoms with Gasteiger partial charge in [0.1, 0.15) is 18.4 Å². The highest BCUT2D eigenvalue weighted by molar-refractivity contribution is 5.42. The number of hydrogen-bond donors (Lipinski definition) is 1. The minimum Gasteiger partial charge on any atom is -0.491 e. The number of methoxy groups -OCH3 is 1. The molecule has 24 heavy (non-hydrogen) atoms. The fourth-order valence-corrected chi connectivity index (χ4v) is 3.95. The molecule has 1 saturated carbocycles. The quantitative estimate of drug-likeness (QED) is 0.777. The van der Waals surface area contributed by atoms with Crippen molar-refractivity contribution in [3.05, 3.63) is 29.8 Å². The molecule has 1 heterocycles. The third-order valence-corrected chi connectivity index (χ3v) is 5.23. The van der Waals surface area contributed by atoms with E-state index in [1.165, 1.54) is 19.3 Å². The lowest BCUT2D eigenvalue weighted by molar-refractivity contribution is 0.0978. The number of benzene rings is 1. The second-order valence-electron chi connectivity index (χ2n) is 6.66. The van der Waals surface area contributed by atoms with Crippen LogP contribution >= 0.6 is 0 Å². The average Bonchev–Trinajstić information content (AvgIpc) is 3.27. The number of likely N-dealkylation sites (tertiary alicyclic amines) is 1. The van der Waals surface area contributed by atoms with Gasteiger partial charge in [0.15, 0.2) is 0 Å².